The maximum Gasteiger partial charge on any atom is 0.349 e. The minimum Gasteiger partial charge on any atom is -0.271 e. The second-order valence-corrected chi connectivity index (χ2v) is 6.48. The fraction of sp³-hybridized carbons (Fsp3) is 0.0588. The molecule has 0 spiro atoms. The number of hydrogen-bond donors (Lipinski definition) is 1. The fourth-order valence-corrected chi connectivity index (χ4v) is 3.27. The van der Waals surface area contributed by atoms with Gasteiger partial charge in [-0.3, -0.25) is 9.78 Å². The molecule has 3 aromatic rings. The second kappa shape index (κ2) is 7.34. The Morgan fingerprint density at radius 3 is 2.38 bits per heavy atom. The summed E-state index contributed by atoms with van der Waals surface area (Å²) >= 11 is 18.6. The highest BCUT2D eigenvalue weighted by molar-refractivity contribution is 6.37. The van der Waals surface area contributed by atoms with Crippen LogP contribution < -0.4 is 11.2 Å². The molecular formula is C17H9Cl3N4O2. The van der Waals surface area contributed by atoms with Gasteiger partial charge in [-0.2, -0.15) is 15.0 Å². The molecule has 0 amide bonds. The number of aromatic amines is 1. The van der Waals surface area contributed by atoms with Crippen LogP contribution in [0.4, 0.5) is 0 Å². The third-order valence-corrected chi connectivity index (χ3v) is 4.65. The molecule has 1 unspecified atom stereocenters. The van der Waals surface area contributed by atoms with E-state index in [1.54, 1.807) is 24.3 Å². The first kappa shape index (κ1) is 18.2. The van der Waals surface area contributed by atoms with Gasteiger partial charge in [0.2, 0.25) is 0 Å². The zero-order valence-electron chi connectivity index (χ0n) is 12.9. The zero-order valence-corrected chi connectivity index (χ0v) is 15.2. The average molecular weight is 408 g/mol. The summed E-state index contributed by atoms with van der Waals surface area (Å²) in [7, 11) is 0. The van der Waals surface area contributed by atoms with Gasteiger partial charge < -0.3 is 0 Å². The van der Waals surface area contributed by atoms with Gasteiger partial charge in [0.25, 0.3) is 5.56 Å². The Morgan fingerprint density at radius 2 is 1.77 bits per heavy atom. The van der Waals surface area contributed by atoms with Crippen molar-refractivity contribution in [3.8, 4) is 11.8 Å². The van der Waals surface area contributed by atoms with E-state index < -0.39 is 17.2 Å². The lowest BCUT2D eigenvalue weighted by molar-refractivity contribution is 0.748. The van der Waals surface area contributed by atoms with Crippen molar-refractivity contribution in [2.45, 2.75) is 5.92 Å². The van der Waals surface area contributed by atoms with E-state index in [4.69, 9.17) is 34.8 Å². The molecule has 0 saturated carbocycles. The molecule has 0 radical (unpaired) electrons. The van der Waals surface area contributed by atoms with Crippen LogP contribution in [0, 0.1) is 11.3 Å². The molecule has 1 atom stereocenters. The fourth-order valence-electron chi connectivity index (χ4n) is 2.47. The standard InChI is InChI=1S/C17H9Cl3N4O2/c18-10-3-1-9(2-4-10)11(7-21)15-12(19)5-6-13(16(15)20)24-17(26)23-14(25)8-22-24/h1-6,8,11H,(H,23,25,26). The van der Waals surface area contributed by atoms with E-state index in [9.17, 15) is 14.9 Å². The Labute approximate surface area is 162 Å². The van der Waals surface area contributed by atoms with Crippen molar-refractivity contribution in [3.05, 3.63) is 89.6 Å². The average Bonchev–Trinajstić information content (AvgIpc) is 2.61. The zero-order chi connectivity index (χ0) is 18.8. The maximum absolute atomic E-state index is 12.0. The monoisotopic (exact) mass is 406 g/mol. The van der Waals surface area contributed by atoms with Gasteiger partial charge in [0, 0.05) is 15.6 Å². The highest BCUT2D eigenvalue weighted by Gasteiger charge is 2.23. The van der Waals surface area contributed by atoms with Crippen molar-refractivity contribution < 1.29 is 0 Å². The Hall–Kier alpha value is -2.59. The van der Waals surface area contributed by atoms with E-state index in [2.05, 4.69) is 16.2 Å². The van der Waals surface area contributed by atoms with Crippen LogP contribution in [0.3, 0.4) is 0 Å². The first-order valence-corrected chi connectivity index (χ1v) is 8.37. The molecule has 130 valence electrons. The lowest BCUT2D eigenvalue weighted by atomic mass is 9.92. The largest absolute Gasteiger partial charge is 0.349 e. The highest BCUT2D eigenvalue weighted by Crippen LogP contribution is 2.38. The number of hydrogen-bond acceptors (Lipinski definition) is 4. The molecule has 26 heavy (non-hydrogen) atoms. The van der Waals surface area contributed by atoms with E-state index in [1.165, 1.54) is 12.1 Å². The predicted octanol–water partition coefficient (Wildman–Crippen LogP) is 3.54. The molecule has 0 saturated heterocycles. The van der Waals surface area contributed by atoms with Gasteiger partial charge in [-0.05, 0) is 29.8 Å². The number of benzene rings is 2. The van der Waals surface area contributed by atoms with Crippen LogP contribution in [-0.2, 0) is 0 Å². The minimum atomic E-state index is -0.786. The molecule has 0 aliphatic carbocycles. The lowest BCUT2D eigenvalue weighted by Gasteiger charge is -2.16. The van der Waals surface area contributed by atoms with Crippen LogP contribution in [0.15, 0.2) is 52.2 Å². The normalized spacial score (nSPS) is 11.8. The summed E-state index contributed by atoms with van der Waals surface area (Å²) in [6.07, 6.45) is 0.951. The summed E-state index contributed by atoms with van der Waals surface area (Å²) in [5.74, 6) is -0.786. The van der Waals surface area contributed by atoms with Crippen LogP contribution in [0.25, 0.3) is 5.69 Å². The molecule has 0 bridgehead atoms. The minimum absolute atomic E-state index is 0.0839. The van der Waals surface area contributed by atoms with Crippen molar-refractivity contribution in [1.29, 1.82) is 5.26 Å². The predicted molar refractivity (Wildman–Crippen MR) is 99.4 cm³/mol. The van der Waals surface area contributed by atoms with Crippen molar-refractivity contribution in [3.63, 3.8) is 0 Å². The topological polar surface area (TPSA) is 91.5 Å². The number of halogens is 3. The summed E-state index contributed by atoms with van der Waals surface area (Å²) in [5, 5.41) is 14.3. The van der Waals surface area contributed by atoms with Gasteiger partial charge >= 0.3 is 5.69 Å². The van der Waals surface area contributed by atoms with Gasteiger partial charge in [-0.25, -0.2) is 4.79 Å². The molecule has 0 fully saturated rings. The summed E-state index contributed by atoms with van der Waals surface area (Å²) in [6.45, 7) is 0. The molecule has 1 N–H and O–H groups in total. The van der Waals surface area contributed by atoms with Crippen LogP contribution in [0.1, 0.15) is 17.0 Å². The summed E-state index contributed by atoms with van der Waals surface area (Å²) in [4.78, 5) is 25.3. The van der Waals surface area contributed by atoms with Crippen LogP contribution >= 0.6 is 34.8 Å². The molecule has 2 aromatic carbocycles. The van der Waals surface area contributed by atoms with Crippen LogP contribution in [0.5, 0.6) is 0 Å². The van der Waals surface area contributed by atoms with Gasteiger partial charge in [0.1, 0.15) is 6.20 Å². The molecule has 1 heterocycles. The number of H-pyrrole nitrogens is 1. The smallest absolute Gasteiger partial charge is 0.271 e. The Balaban J connectivity index is 2.22. The first-order chi connectivity index (χ1) is 12.4. The van der Waals surface area contributed by atoms with E-state index in [0.29, 0.717) is 16.1 Å². The van der Waals surface area contributed by atoms with Crippen molar-refractivity contribution >= 4 is 34.8 Å². The van der Waals surface area contributed by atoms with Crippen molar-refractivity contribution in [1.82, 2.24) is 14.8 Å². The third kappa shape index (κ3) is 3.37. The van der Waals surface area contributed by atoms with E-state index in [1.807, 2.05) is 0 Å². The summed E-state index contributed by atoms with van der Waals surface area (Å²) < 4.78 is 0.930. The van der Waals surface area contributed by atoms with Gasteiger partial charge in [-0.15, -0.1) is 0 Å². The molecule has 0 aliphatic rings. The number of rotatable bonds is 3. The Bertz CT molecular complexity index is 1130. The van der Waals surface area contributed by atoms with Gasteiger partial charge in [0.05, 0.1) is 22.7 Å². The first-order valence-electron chi connectivity index (χ1n) is 7.24. The molecule has 6 nitrogen and oxygen atoms in total. The van der Waals surface area contributed by atoms with Gasteiger partial charge in [-0.1, -0.05) is 46.9 Å². The number of nitriles is 1. The van der Waals surface area contributed by atoms with E-state index in [-0.39, 0.29) is 15.7 Å². The second-order valence-electron chi connectivity index (χ2n) is 5.26. The number of nitrogens with one attached hydrogen (secondary N) is 1. The molecule has 0 aliphatic heterocycles. The molecular weight excluding hydrogens is 399 g/mol. The van der Waals surface area contributed by atoms with Crippen molar-refractivity contribution in [2.24, 2.45) is 0 Å². The van der Waals surface area contributed by atoms with Crippen LogP contribution in [-0.4, -0.2) is 14.8 Å². The van der Waals surface area contributed by atoms with Gasteiger partial charge in [0.15, 0.2) is 0 Å². The quantitative estimate of drug-likeness (QED) is 0.719. The number of nitrogens with zero attached hydrogens (tertiary/aromatic N) is 3. The lowest BCUT2D eigenvalue weighted by Crippen LogP contribution is -2.30. The van der Waals surface area contributed by atoms with Crippen molar-refractivity contribution in [2.75, 3.05) is 0 Å². The number of aromatic nitrogens is 3. The van der Waals surface area contributed by atoms with Crippen LogP contribution in [0.2, 0.25) is 15.1 Å². The summed E-state index contributed by atoms with van der Waals surface area (Å²) in [5.41, 5.74) is -0.225. The Kier molecular flexibility index (Phi) is 5.14. The molecule has 9 heteroatoms. The molecule has 3 rings (SSSR count). The van der Waals surface area contributed by atoms with E-state index >= 15 is 0 Å². The Morgan fingerprint density at radius 1 is 1.08 bits per heavy atom. The SMILES string of the molecule is N#CC(c1ccc(Cl)cc1)c1c(Cl)ccc(-n2ncc(=O)[nH]c2=O)c1Cl. The maximum atomic E-state index is 12.0. The summed E-state index contributed by atoms with van der Waals surface area (Å²) in [6, 6.07) is 11.9. The highest BCUT2D eigenvalue weighted by atomic mass is 35.5. The van der Waals surface area contributed by atoms with E-state index in [0.717, 1.165) is 10.9 Å². The molecule has 1 aromatic heterocycles. The third-order valence-electron chi connectivity index (χ3n) is 3.67.